The van der Waals surface area contributed by atoms with E-state index < -0.39 is 17.8 Å². The van der Waals surface area contributed by atoms with Crippen LogP contribution in [0.5, 0.6) is 5.75 Å². The molecular formula is C21H23Br2NO4. The van der Waals surface area contributed by atoms with E-state index in [1.807, 2.05) is 13.8 Å². The van der Waals surface area contributed by atoms with Crippen molar-refractivity contribution in [3.8, 4) is 5.75 Å². The van der Waals surface area contributed by atoms with Crippen molar-refractivity contribution in [2.24, 2.45) is 16.3 Å². The van der Waals surface area contributed by atoms with E-state index in [9.17, 15) is 14.7 Å². The fourth-order valence-electron chi connectivity index (χ4n) is 4.14. The Labute approximate surface area is 181 Å². The molecule has 0 fully saturated rings. The first-order valence-corrected chi connectivity index (χ1v) is 10.8. The number of phenolic OH excluding ortho intramolecular Hbond substituents is 1. The molecule has 1 heterocycles. The number of hydrogen-bond acceptors (Lipinski definition) is 5. The zero-order valence-electron chi connectivity index (χ0n) is 16.3. The van der Waals surface area contributed by atoms with E-state index in [1.165, 1.54) is 0 Å². The molecule has 0 spiro atoms. The minimum absolute atomic E-state index is 0.0154. The molecule has 1 unspecified atom stereocenters. The molecule has 2 aliphatic rings. The zero-order chi connectivity index (χ0) is 20.8. The summed E-state index contributed by atoms with van der Waals surface area (Å²) in [5.74, 6) is -1.84. The number of halogens is 2. The number of Topliss-reactive ketones (excluding diaryl/α,β-unsaturated/α-hetero) is 1. The highest BCUT2D eigenvalue weighted by molar-refractivity contribution is 9.11. The van der Waals surface area contributed by atoms with Crippen LogP contribution in [-0.4, -0.2) is 29.2 Å². The molecule has 1 aromatic rings. The summed E-state index contributed by atoms with van der Waals surface area (Å²) < 4.78 is 6.53. The van der Waals surface area contributed by atoms with Gasteiger partial charge in [0, 0.05) is 39.4 Å². The van der Waals surface area contributed by atoms with Crippen molar-refractivity contribution >= 4 is 49.3 Å². The van der Waals surface area contributed by atoms with E-state index >= 15 is 0 Å². The van der Waals surface area contributed by atoms with Crippen molar-refractivity contribution in [1.82, 2.24) is 0 Å². The number of rotatable bonds is 3. The highest BCUT2D eigenvalue weighted by Gasteiger charge is 2.47. The number of allylic oxidation sites excluding steroid dienone is 2. The van der Waals surface area contributed by atoms with Crippen LogP contribution >= 0.6 is 31.9 Å². The quantitative estimate of drug-likeness (QED) is 0.557. The molecule has 28 heavy (non-hydrogen) atoms. The number of ketones is 1. The molecule has 7 heteroatoms. The summed E-state index contributed by atoms with van der Waals surface area (Å²) in [5.41, 5.74) is 2.14. The predicted molar refractivity (Wildman–Crippen MR) is 115 cm³/mol. The molecule has 3 rings (SSSR count). The fourth-order valence-corrected chi connectivity index (χ4v) is 5.40. The molecule has 150 valence electrons. The lowest BCUT2D eigenvalue weighted by atomic mass is 9.66. The Kier molecular flexibility index (Phi) is 5.88. The van der Waals surface area contributed by atoms with Crippen LogP contribution in [0.15, 0.2) is 37.3 Å². The third-order valence-corrected chi connectivity index (χ3v) is 6.30. The van der Waals surface area contributed by atoms with Gasteiger partial charge in [0.2, 0.25) is 0 Å². The van der Waals surface area contributed by atoms with Crippen molar-refractivity contribution < 1.29 is 19.4 Å². The number of hydrogen-bond donors (Lipinski definition) is 1. The number of ether oxygens (including phenoxy) is 1. The maximum Gasteiger partial charge on any atom is 0.315 e. The lowest BCUT2D eigenvalue weighted by Gasteiger charge is -2.39. The van der Waals surface area contributed by atoms with E-state index in [-0.39, 0.29) is 23.6 Å². The van der Waals surface area contributed by atoms with Crippen molar-refractivity contribution in [3.05, 3.63) is 37.9 Å². The normalized spacial score (nSPS) is 23.9. The Bertz CT molecular complexity index is 917. The van der Waals surface area contributed by atoms with Crippen LogP contribution in [-0.2, 0) is 14.3 Å². The minimum atomic E-state index is -0.754. The largest absolute Gasteiger partial charge is 0.506 e. The lowest BCUT2D eigenvalue weighted by Crippen LogP contribution is -2.39. The van der Waals surface area contributed by atoms with Gasteiger partial charge in [-0.2, -0.15) is 0 Å². The van der Waals surface area contributed by atoms with Crippen LogP contribution in [0, 0.1) is 11.3 Å². The first-order chi connectivity index (χ1) is 13.1. The Morgan fingerprint density at radius 3 is 2.64 bits per heavy atom. The van der Waals surface area contributed by atoms with Crippen LogP contribution in [0.3, 0.4) is 0 Å². The summed E-state index contributed by atoms with van der Waals surface area (Å²) in [6.45, 7) is 7.84. The molecule has 1 aromatic carbocycles. The van der Waals surface area contributed by atoms with E-state index in [1.54, 1.807) is 26.0 Å². The second-order valence-corrected chi connectivity index (χ2v) is 9.86. The molecule has 0 radical (unpaired) electrons. The van der Waals surface area contributed by atoms with E-state index in [0.29, 0.717) is 39.9 Å². The van der Waals surface area contributed by atoms with Crippen LogP contribution in [0.4, 0.5) is 0 Å². The van der Waals surface area contributed by atoms with Crippen molar-refractivity contribution in [2.75, 3.05) is 6.61 Å². The van der Waals surface area contributed by atoms with E-state index in [2.05, 4.69) is 36.9 Å². The maximum absolute atomic E-state index is 13.2. The van der Waals surface area contributed by atoms with Gasteiger partial charge < -0.3 is 9.84 Å². The third kappa shape index (κ3) is 3.83. The van der Waals surface area contributed by atoms with E-state index in [4.69, 9.17) is 4.74 Å². The third-order valence-electron chi connectivity index (χ3n) is 5.24. The SMILES string of the molecule is CCOC(=O)C1C(C)=NC2=C(C(=O)CC(C)(C)C2)[C@H]1c1cc(Br)cc(Br)c1O. The second kappa shape index (κ2) is 7.75. The number of benzene rings is 1. The summed E-state index contributed by atoms with van der Waals surface area (Å²) in [6.07, 6.45) is 1.02. The minimum Gasteiger partial charge on any atom is -0.506 e. The Morgan fingerprint density at radius 1 is 1.32 bits per heavy atom. The zero-order valence-corrected chi connectivity index (χ0v) is 19.5. The standard InChI is InChI=1S/C21H23Br2NO4/c1-5-28-20(27)16-10(2)24-14-8-21(3,4)9-15(25)18(14)17(16)12-6-11(22)7-13(23)19(12)26/h6-7,16-17,26H,5,8-9H2,1-4H3/t16?,17-/m0/s1. The highest BCUT2D eigenvalue weighted by Crippen LogP contribution is 2.50. The van der Waals surface area contributed by atoms with Crippen LogP contribution in [0.25, 0.3) is 0 Å². The molecule has 0 bridgehead atoms. The molecule has 1 aliphatic heterocycles. The van der Waals surface area contributed by atoms with E-state index in [0.717, 1.165) is 4.47 Å². The lowest BCUT2D eigenvalue weighted by molar-refractivity contribution is -0.146. The molecule has 0 amide bonds. The molecule has 0 aromatic heterocycles. The van der Waals surface area contributed by atoms with Crippen LogP contribution in [0.2, 0.25) is 0 Å². The van der Waals surface area contributed by atoms with Gasteiger partial charge in [0.1, 0.15) is 11.7 Å². The summed E-state index contributed by atoms with van der Waals surface area (Å²) in [7, 11) is 0. The van der Waals surface area contributed by atoms with Gasteiger partial charge in [0.05, 0.1) is 11.1 Å². The number of phenols is 1. The molecule has 0 saturated carbocycles. The summed E-state index contributed by atoms with van der Waals surface area (Å²) in [4.78, 5) is 30.7. The molecule has 1 N–H and O–H groups in total. The van der Waals surface area contributed by atoms with Gasteiger partial charge in [0.25, 0.3) is 0 Å². The van der Waals surface area contributed by atoms with Gasteiger partial charge in [-0.3, -0.25) is 14.6 Å². The number of aliphatic imine (C=N–C) groups is 1. The number of aromatic hydroxyl groups is 1. The summed E-state index contributed by atoms with van der Waals surface area (Å²) in [6, 6.07) is 3.48. The van der Waals surface area contributed by atoms with Crippen molar-refractivity contribution in [3.63, 3.8) is 0 Å². The van der Waals surface area contributed by atoms with Gasteiger partial charge in [0.15, 0.2) is 5.78 Å². The summed E-state index contributed by atoms with van der Waals surface area (Å²) in [5, 5.41) is 10.8. The maximum atomic E-state index is 13.2. The number of nitrogens with zero attached hydrogens (tertiary/aromatic N) is 1. The summed E-state index contributed by atoms with van der Waals surface area (Å²) >= 11 is 6.81. The van der Waals surface area contributed by atoms with Gasteiger partial charge >= 0.3 is 5.97 Å². The van der Waals surface area contributed by atoms with Crippen LogP contribution < -0.4 is 0 Å². The van der Waals surface area contributed by atoms with Gasteiger partial charge in [-0.25, -0.2) is 0 Å². The van der Waals surface area contributed by atoms with Gasteiger partial charge in [-0.1, -0.05) is 29.8 Å². The Morgan fingerprint density at radius 2 is 2.00 bits per heavy atom. The fraction of sp³-hybridized carbons (Fsp3) is 0.476. The average Bonchev–Trinajstić information content (AvgIpc) is 2.55. The number of carbonyl (C=O) groups excluding carboxylic acids is 2. The van der Waals surface area contributed by atoms with Crippen molar-refractivity contribution in [1.29, 1.82) is 0 Å². The smallest absolute Gasteiger partial charge is 0.315 e. The molecule has 1 aliphatic carbocycles. The number of carbonyl (C=O) groups is 2. The first-order valence-electron chi connectivity index (χ1n) is 9.21. The van der Waals surface area contributed by atoms with Crippen LogP contribution in [0.1, 0.15) is 52.0 Å². The van der Waals surface area contributed by atoms with Crippen molar-refractivity contribution in [2.45, 2.75) is 46.5 Å². The Balaban J connectivity index is 2.26. The molecular weight excluding hydrogens is 490 g/mol. The molecule has 0 saturated heterocycles. The predicted octanol–water partition coefficient (Wildman–Crippen LogP) is 5.30. The highest BCUT2D eigenvalue weighted by atomic mass is 79.9. The second-order valence-electron chi connectivity index (χ2n) is 8.09. The molecule has 5 nitrogen and oxygen atoms in total. The number of esters is 1. The van der Waals surface area contributed by atoms with Gasteiger partial charge in [-0.05, 0) is 53.7 Å². The van der Waals surface area contributed by atoms with Gasteiger partial charge in [-0.15, -0.1) is 0 Å². The monoisotopic (exact) mass is 511 g/mol. The first kappa shape index (κ1) is 21.2. The Hall–Kier alpha value is -1.47. The average molecular weight is 513 g/mol. The molecule has 2 atom stereocenters. The topological polar surface area (TPSA) is 76.0 Å².